The number of benzene rings is 2. The summed E-state index contributed by atoms with van der Waals surface area (Å²) in [6.45, 7) is 0.610. The molecule has 8 nitrogen and oxygen atoms in total. The molecule has 0 radical (unpaired) electrons. The first kappa shape index (κ1) is 22.5. The number of hydrazone groups is 1. The van der Waals surface area contributed by atoms with Crippen LogP contribution in [0.15, 0.2) is 47.6 Å². The molecular formula is C20H21I2N7O. The zero-order chi connectivity index (χ0) is 21.5. The normalized spacial score (nSPS) is 10.8. The van der Waals surface area contributed by atoms with Gasteiger partial charge >= 0.3 is 0 Å². The fourth-order valence-corrected chi connectivity index (χ4v) is 4.41. The van der Waals surface area contributed by atoms with Crippen molar-refractivity contribution >= 4 is 69.2 Å². The molecule has 0 saturated heterocycles. The van der Waals surface area contributed by atoms with Crippen LogP contribution in [0.2, 0.25) is 0 Å². The third-order valence-electron chi connectivity index (χ3n) is 3.95. The van der Waals surface area contributed by atoms with Gasteiger partial charge in [-0.3, -0.25) is 0 Å². The molecule has 1 heterocycles. The number of aromatic nitrogens is 3. The Morgan fingerprint density at radius 2 is 1.80 bits per heavy atom. The van der Waals surface area contributed by atoms with E-state index in [1.807, 2.05) is 55.4 Å². The van der Waals surface area contributed by atoms with Gasteiger partial charge in [-0.2, -0.15) is 20.1 Å². The van der Waals surface area contributed by atoms with Gasteiger partial charge in [0.1, 0.15) is 5.75 Å². The predicted octanol–water partition coefficient (Wildman–Crippen LogP) is 4.21. The van der Waals surface area contributed by atoms with Crippen LogP contribution in [-0.4, -0.2) is 42.4 Å². The molecule has 0 saturated carbocycles. The standard InChI is InChI=1S/C20H21I2N7O/c1-29(2)20-26-18(23-11-13-7-5-4-6-8-13)25-19(27-20)28-24-12-15-16(22)9-14(21)10-17(15)30-3/h4-10,12H,11H2,1-3H3,(H2,23,25,26,27,28). The van der Waals surface area contributed by atoms with Crippen molar-refractivity contribution in [1.82, 2.24) is 15.0 Å². The third kappa shape index (κ3) is 6.14. The summed E-state index contributed by atoms with van der Waals surface area (Å²) in [4.78, 5) is 15.1. The summed E-state index contributed by atoms with van der Waals surface area (Å²) in [5.41, 5.74) is 4.92. The number of anilines is 3. The van der Waals surface area contributed by atoms with Crippen molar-refractivity contribution in [2.75, 3.05) is 36.8 Å². The van der Waals surface area contributed by atoms with Crippen LogP contribution in [0.25, 0.3) is 0 Å². The van der Waals surface area contributed by atoms with Crippen molar-refractivity contribution < 1.29 is 4.74 Å². The van der Waals surface area contributed by atoms with E-state index in [4.69, 9.17) is 4.74 Å². The summed E-state index contributed by atoms with van der Waals surface area (Å²) >= 11 is 4.52. The minimum absolute atomic E-state index is 0.347. The molecule has 156 valence electrons. The number of methoxy groups -OCH3 is 1. The molecule has 0 amide bonds. The number of nitrogens with one attached hydrogen (secondary N) is 2. The zero-order valence-corrected chi connectivity index (χ0v) is 21.0. The van der Waals surface area contributed by atoms with Crippen molar-refractivity contribution in [2.45, 2.75) is 6.54 Å². The molecule has 3 aromatic rings. The van der Waals surface area contributed by atoms with Gasteiger partial charge in [0.2, 0.25) is 17.8 Å². The molecule has 0 spiro atoms. The Labute approximate surface area is 202 Å². The molecule has 2 N–H and O–H groups in total. The third-order valence-corrected chi connectivity index (χ3v) is 5.47. The molecule has 0 aliphatic rings. The lowest BCUT2D eigenvalue weighted by Crippen LogP contribution is -2.16. The molecule has 0 bridgehead atoms. The highest BCUT2D eigenvalue weighted by atomic mass is 127. The zero-order valence-electron chi connectivity index (χ0n) is 16.7. The van der Waals surface area contributed by atoms with Crippen molar-refractivity contribution in [3.63, 3.8) is 0 Å². The van der Waals surface area contributed by atoms with Crippen molar-refractivity contribution in [1.29, 1.82) is 0 Å². The fourth-order valence-electron chi connectivity index (χ4n) is 2.48. The van der Waals surface area contributed by atoms with E-state index < -0.39 is 0 Å². The fraction of sp³-hybridized carbons (Fsp3) is 0.200. The maximum atomic E-state index is 5.47. The lowest BCUT2D eigenvalue weighted by molar-refractivity contribution is 0.413. The number of hydrogen-bond acceptors (Lipinski definition) is 8. The van der Waals surface area contributed by atoms with Crippen LogP contribution in [0.3, 0.4) is 0 Å². The molecule has 1 aromatic heterocycles. The molecule has 10 heteroatoms. The summed E-state index contributed by atoms with van der Waals surface area (Å²) < 4.78 is 7.60. The van der Waals surface area contributed by atoms with Crippen LogP contribution in [0.1, 0.15) is 11.1 Å². The average molecular weight is 629 g/mol. The average Bonchev–Trinajstić information content (AvgIpc) is 2.74. The van der Waals surface area contributed by atoms with Gasteiger partial charge < -0.3 is 15.0 Å². The van der Waals surface area contributed by atoms with Crippen molar-refractivity contribution in [2.24, 2.45) is 5.10 Å². The van der Waals surface area contributed by atoms with Gasteiger partial charge in [0.25, 0.3) is 0 Å². The summed E-state index contributed by atoms with van der Waals surface area (Å²) in [5.74, 6) is 2.10. The van der Waals surface area contributed by atoms with E-state index in [0.717, 1.165) is 24.0 Å². The van der Waals surface area contributed by atoms with Crippen LogP contribution in [0.4, 0.5) is 17.8 Å². The topological polar surface area (TPSA) is 87.6 Å². The molecule has 30 heavy (non-hydrogen) atoms. The second kappa shape index (κ2) is 10.7. The van der Waals surface area contributed by atoms with E-state index in [2.05, 4.69) is 82.0 Å². The van der Waals surface area contributed by atoms with Crippen molar-refractivity contribution in [3.05, 3.63) is 60.7 Å². The van der Waals surface area contributed by atoms with Gasteiger partial charge in [-0.15, -0.1) is 0 Å². The molecule has 2 aromatic carbocycles. The van der Waals surface area contributed by atoms with E-state index in [9.17, 15) is 0 Å². The largest absolute Gasteiger partial charge is 0.496 e. The highest BCUT2D eigenvalue weighted by Gasteiger charge is 2.09. The van der Waals surface area contributed by atoms with Crippen molar-refractivity contribution in [3.8, 4) is 5.75 Å². The molecule has 0 atom stereocenters. The van der Waals surface area contributed by atoms with Gasteiger partial charge in [0.15, 0.2) is 0 Å². The number of halogens is 2. The van der Waals surface area contributed by atoms with Crippen LogP contribution in [0, 0.1) is 7.14 Å². The van der Waals surface area contributed by atoms with Gasteiger partial charge in [0, 0.05) is 27.8 Å². The Morgan fingerprint density at radius 3 is 2.50 bits per heavy atom. The Hall–Kier alpha value is -2.22. The lowest BCUT2D eigenvalue weighted by Gasteiger charge is -2.13. The van der Waals surface area contributed by atoms with E-state index in [1.165, 1.54) is 0 Å². The Bertz CT molecular complexity index is 1030. The quantitative estimate of drug-likeness (QED) is 0.220. The number of hydrogen-bond donors (Lipinski definition) is 2. The van der Waals surface area contributed by atoms with Gasteiger partial charge in [0.05, 0.1) is 18.9 Å². The minimum Gasteiger partial charge on any atom is -0.496 e. The lowest BCUT2D eigenvalue weighted by atomic mass is 10.2. The van der Waals surface area contributed by atoms with Gasteiger partial charge in [-0.25, -0.2) is 5.43 Å². The maximum Gasteiger partial charge on any atom is 0.250 e. The first-order valence-corrected chi connectivity index (χ1v) is 11.2. The monoisotopic (exact) mass is 629 g/mol. The SMILES string of the molecule is COc1cc(I)cc(I)c1C=NNc1nc(NCc2ccccc2)nc(N(C)C)n1. The molecule has 0 aliphatic carbocycles. The number of rotatable bonds is 8. The van der Waals surface area contributed by atoms with Crippen LogP contribution < -0.4 is 20.4 Å². The number of ether oxygens (including phenoxy) is 1. The molecule has 3 rings (SSSR count). The maximum absolute atomic E-state index is 5.47. The molecular weight excluding hydrogens is 608 g/mol. The summed E-state index contributed by atoms with van der Waals surface area (Å²) in [6, 6.07) is 14.1. The van der Waals surface area contributed by atoms with Crippen LogP contribution in [-0.2, 0) is 6.54 Å². The van der Waals surface area contributed by atoms with E-state index in [-0.39, 0.29) is 0 Å². The highest BCUT2D eigenvalue weighted by molar-refractivity contribution is 14.1. The Morgan fingerprint density at radius 1 is 1.07 bits per heavy atom. The minimum atomic E-state index is 0.347. The van der Waals surface area contributed by atoms with E-state index >= 15 is 0 Å². The first-order valence-electron chi connectivity index (χ1n) is 8.99. The summed E-state index contributed by atoms with van der Waals surface area (Å²) in [7, 11) is 5.40. The second-order valence-corrected chi connectivity index (χ2v) is 8.80. The van der Waals surface area contributed by atoms with Crippen LogP contribution in [0.5, 0.6) is 5.75 Å². The smallest absolute Gasteiger partial charge is 0.250 e. The van der Waals surface area contributed by atoms with Gasteiger partial charge in [-0.1, -0.05) is 30.3 Å². The molecule has 0 unspecified atom stereocenters. The van der Waals surface area contributed by atoms with E-state index in [1.54, 1.807) is 13.3 Å². The second-order valence-electron chi connectivity index (χ2n) is 6.39. The Kier molecular flexibility index (Phi) is 8.01. The summed E-state index contributed by atoms with van der Waals surface area (Å²) in [6.07, 6.45) is 1.70. The molecule has 0 fully saturated rings. The predicted molar refractivity (Wildman–Crippen MR) is 138 cm³/mol. The summed E-state index contributed by atoms with van der Waals surface area (Å²) in [5, 5.41) is 7.55. The molecule has 0 aliphatic heterocycles. The van der Waals surface area contributed by atoms with Crippen LogP contribution >= 0.6 is 45.2 Å². The highest BCUT2D eigenvalue weighted by Crippen LogP contribution is 2.25. The Balaban J connectivity index is 1.78. The van der Waals surface area contributed by atoms with E-state index in [0.29, 0.717) is 24.4 Å². The first-order chi connectivity index (χ1) is 14.5. The van der Waals surface area contributed by atoms with Gasteiger partial charge in [-0.05, 0) is 62.9 Å². The number of nitrogens with zero attached hydrogens (tertiary/aromatic N) is 5.